The van der Waals surface area contributed by atoms with Crippen LogP contribution in [0.4, 0.5) is 0 Å². The van der Waals surface area contributed by atoms with Gasteiger partial charge in [-0.2, -0.15) is 0 Å². The molecule has 2 saturated carbocycles. The van der Waals surface area contributed by atoms with Crippen molar-refractivity contribution in [2.24, 2.45) is 11.3 Å². The number of aromatic amines is 1. The zero-order chi connectivity index (χ0) is 21.4. The Bertz CT molecular complexity index is 1190. The molecular formula is C26H30N2O3. The molecule has 1 spiro atoms. The molecule has 31 heavy (non-hydrogen) atoms. The summed E-state index contributed by atoms with van der Waals surface area (Å²) in [5.41, 5.74) is 3.25. The molecule has 2 aliphatic heterocycles. The Balaban J connectivity index is 1.40. The minimum Gasteiger partial charge on any atom is -0.385 e. The molecule has 3 N–H and O–H groups in total. The second-order valence-corrected chi connectivity index (χ2v) is 11.3. The average molecular weight is 419 g/mol. The van der Waals surface area contributed by atoms with Crippen molar-refractivity contribution in [2.75, 3.05) is 0 Å². The molecule has 3 heterocycles. The van der Waals surface area contributed by atoms with Crippen LogP contribution < -0.4 is 0 Å². The van der Waals surface area contributed by atoms with Gasteiger partial charge in [0.2, 0.25) is 0 Å². The highest BCUT2D eigenvalue weighted by molar-refractivity contribution is 5.99. The lowest BCUT2D eigenvalue weighted by Crippen LogP contribution is -2.64. The van der Waals surface area contributed by atoms with Gasteiger partial charge in [0.15, 0.2) is 5.79 Å². The Labute approximate surface area is 182 Å². The van der Waals surface area contributed by atoms with Crippen LogP contribution in [-0.2, 0) is 15.9 Å². The van der Waals surface area contributed by atoms with E-state index in [1.807, 2.05) is 19.9 Å². The molecule has 5 heteroatoms. The first kappa shape index (κ1) is 18.6. The van der Waals surface area contributed by atoms with Crippen molar-refractivity contribution in [1.82, 2.24) is 4.98 Å². The highest BCUT2D eigenvalue weighted by Gasteiger charge is 2.71. The molecule has 2 aromatic rings. The van der Waals surface area contributed by atoms with Crippen LogP contribution in [-0.4, -0.2) is 38.9 Å². The summed E-state index contributed by atoms with van der Waals surface area (Å²) in [5.74, 6) is -0.0709. The van der Waals surface area contributed by atoms with Crippen molar-refractivity contribution in [1.29, 1.82) is 5.41 Å². The number of hydrogen-bond donors (Lipinski definition) is 3. The number of para-hydroxylation sites is 1. The zero-order valence-electron chi connectivity index (χ0n) is 18.4. The van der Waals surface area contributed by atoms with Crippen LogP contribution in [0.25, 0.3) is 10.9 Å². The summed E-state index contributed by atoms with van der Waals surface area (Å²) in [5, 5.41) is 22.4. The molecule has 0 radical (unpaired) electrons. The van der Waals surface area contributed by atoms with Gasteiger partial charge in [0, 0.05) is 39.9 Å². The number of hydrogen-bond acceptors (Lipinski definition) is 4. The molecule has 1 saturated heterocycles. The minimum absolute atomic E-state index is 0.272. The molecule has 1 aromatic heterocycles. The van der Waals surface area contributed by atoms with Gasteiger partial charge in [-0.1, -0.05) is 25.1 Å². The van der Waals surface area contributed by atoms with Crippen LogP contribution in [0, 0.1) is 16.7 Å². The van der Waals surface area contributed by atoms with Crippen molar-refractivity contribution in [3.63, 3.8) is 0 Å². The first-order chi connectivity index (χ1) is 14.7. The lowest BCUT2D eigenvalue weighted by atomic mass is 9.48. The quantitative estimate of drug-likeness (QED) is 0.585. The fourth-order valence-electron chi connectivity index (χ4n) is 8.01. The van der Waals surface area contributed by atoms with E-state index >= 15 is 0 Å². The molecule has 5 aliphatic rings. The summed E-state index contributed by atoms with van der Waals surface area (Å²) in [7, 11) is 0. The summed E-state index contributed by atoms with van der Waals surface area (Å²) in [6, 6.07) is 8.58. The number of aromatic nitrogens is 1. The second-order valence-electron chi connectivity index (χ2n) is 11.3. The molecule has 7 rings (SSSR count). The Kier molecular flexibility index (Phi) is 3.20. The molecule has 5 nitrogen and oxygen atoms in total. The van der Waals surface area contributed by atoms with Gasteiger partial charge in [-0.05, 0) is 63.2 Å². The van der Waals surface area contributed by atoms with E-state index in [0.29, 0.717) is 18.1 Å². The summed E-state index contributed by atoms with van der Waals surface area (Å²) in [4.78, 5) is 3.74. The van der Waals surface area contributed by atoms with E-state index < -0.39 is 17.0 Å². The molecule has 1 aromatic carbocycles. The maximum absolute atomic E-state index is 12.5. The highest BCUT2D eigenvalue weighted by atomic mass is 16.8. The van der Waals surface area contributed by atoms with Crippen LogP contribution in [0.5, 0.6) is 0 Å². The van der Waals surface area contributed by atoms with E-state index in [1.165, 1.54) is 22.2 Å². The Hall–Kier alpha value is -1.95. The molecule has 6 atom stereocenters. The van der Waals surface area contributed by atoms with Crippen molar-refractivity contribution in [3.05, 3.63) is 47.2 Å². The number of aliphatic hydroxyl groups is 1. The predicted octanol–water partition coefficient (Wildman–Crippen LogP) is 4.60. The van der Waals surface area contributed by atoms with Gasteiger partial charge in [-0.15, -0.1) is 0 Å². The van der Waals surface area contributed by atoms with E-state index in [4.69, 9.17) is 14.9 Å². The van der Waals surface area contributed by atoms with Gasteiger partial charge in [0.1, 0.15) is 6.10 Å². The number of H-pyrrole nitrogens is 1. The van der Waals surface area contributed by atoms with E-state index in [-0.39, 0.29) is 17.4 Å². The molecule has 5 unspecified atom stereocenters. The minimum atomic E-state index is -1.04. The maximum atomic E-state index is 12.5. The number of nitrogens with one attached hydrogen (secondary N) is 2. The van der Waals surface area contributed by atoms with E-state index in [0.717, 1.165) is 31.3 Å². The van der Waals surface area contributed by atoms with Gasteiger partial charge < -0.3 is 25.0 Å². The molecule has 3 aliphatic carbocycles. The summed E-state index contributed by atoms with van der Waals surface area (Å²) < 4.78 is 12.9. The Morgan fingerprint density at radius 1 is 1.13 bits per heavy atom. The Morgan fingerprint density at radius 2 is 1.94 bits per heavy atom. The van der Waals surface area contributed by atoms with Gasteiger partial charge >= 0.3 is 0 Å². The number of ether oxygens (including phenoxy) is 2. The fraction of sp³-hybridized carbons (Fsp3) is 0.577. The standard InChI is InChI=1S/C26H30N2O3/c1-23(2)22-17(27)13-19-25(29)9-8-14-12-16-15-6-4-5-7-18(15)28-21(16)20(14)24(25,3)10-11-26(19,30-22)31-23/h4-7,13-14,20,22,27-29H,8-12H2,1-3H3/t14?,20?,22?,24?,25-,26?/m1/s1. The third kappa shape index (κ3) is 1.98. The maximum Gasteiger partial charge on any atom is 0.195 e. The van der Waals surface area contributed by atoms with Gasteiger partial charge in [-0.25, -0.2) is 0 Å². The van der Waals surface area contributed by atoms with Crippen molar-refractivity contribution < 1.29 is 14.6 Å². The van der Waals surface area contributed by atoms with E-state index in [2.05, 4.69) is 36.2 Å². The fourth-order valence-corrected chi connectivity index (χ4v) is 8.01. The largest absolute Gasteiger partial charge is 0.385 e. The second kappa shape index (κ2) is 5.33. The van der Waals surface area contributed by atoms with Crippen molar-refractivity contribution >= 4 is 16.6 Å². The van der Waals surface area contributed by atoms with Crippen LogP contribution >= 0.6 is 0 Å². The monoisotopic (exact) mass is 418 g/mol. The molecule has 2 bridgehead atoms. The topological polar surface area (TPSA) is 78.3 Å². The van der Waals surface area contributed by atoms with Gasteiger partial charge in [-0.3, -0.25) is 0 Å². The summed E-state index contributed by atoms with van der Waals surface area (Å²) in [6.07, 6.45) is 5.86. The van der Waals surface area contributed by atoms with Gasteiger partial charge in [0.05, 0.1) is 16.9 Å². The first-order valence-corrected chi connectivity index (χ1v) is 11.7. The van der Waals surface area contributed by atoms with Crippen molar-refractivity contribution in [3.8, 4) is 0 Å². The predicted molar refractivity (Wildman–Crippen MR) is 118 cm³/mol. The SMILES string of the molecule is CC1(C)OC23CCC4(C)C5c6[nH]c7ccccc7c6CC5CC[C@@]4(O)C2=CC(=N)C1O3. The smallest absolute Gasteiger partial charge is 0.195 e. The summed E-state index contributed by atoms with van der Waals surface area (Å²) >= 11 is 0. The lowest BCUT2D eigenvalue weighted by molar-refractivity contribution is -0.234. The van der Waals surface area contributed by atoms with Crippen LogP contribution in [0.15, 0.2) is 35.9 Å². The zero-order valence-corrected chi connectivity index (χ0v) is 18.4. The molecule has 162 valence electrons. The molecular weight excluding hydrogens is 388 g/mol. The highest BCUT2D eigenvalue weighted by Crippen LogP contribution is 2.69. The molecule has 3 fully saturated rings. The summed E-state index contributed by atoms with van der Waals surface area (Å²) in [6.45, 7) is 6.27. The third-order valence-electron chi connectivity index (χ3n) is 9.38. The lowest BCUT2D eigenvalue weighted by Gasteiger charge is -2.61. The van der Waals surface area contributed by atoms with Crippen LogP contribution in [0.3, 0.4) is 0 Å². The number of benzene rings is 1. The molecule has 0 amide bonds. The normalized spacial score (nSPS) is 44.5. The number of fused-ring (bicyclic) bond motifs is 9. The Morgan fingerprint density at radius 3 is 2.77 bits per heavy atom. The van der Waals surface area contributed by atoms with E-state index in [9.17, 15) is 5.11 Å². The van der Waals surface area contributed by atoms with E-state index in [1.54, 1.807) is 0 Å². The van der Waals surface area contributed by atoms with Crippen LogP contribution in [0.1, 0.15) is 63.6 Å². The van der Waals surface area contributed by atoms with Crippen molar-refractivity contribution in [2.45, 2.75) is 81.9 Å². The third-order valence-corrected chi connectivity index (χ3v) is 9.38. The van der Waals surface area contributed by atoms with Crippen LogP contribution in [0.2, 0.25) is 0 Å². The first-order valence-electron chi connectivity index (χ1n) is 11.7. The average Bonchev–Trinajstić information content (AvgIpc) is 3.33. The number of rotatable bonds is 0. The van der Waals surface area contributed by atoms with Gasteiger partial charge in [0.25, 0.3) is 0 Å².